The fourth-order valence-corrected chi connectivity index (χ4v) is 9.60. The van der Waals surface area contributed by atoms with Crippen LogP contribution in [0.4, 0.5) is 0 Å². The van der Waals surface area contributed by atoms with Crippen molar-refractivity contribution < 1.29 is 10.2 Å². The Bertz CT molecular complexity index is 1570. The van der Waals surface area contributed by atoms with Crippen LogP contribution in [0, 0.1) is 11.3 Å². The summed E-state index contributed by atoms with van der Waals surface area (Å²) in [6, 6.07) is 11.0. The second-order valence-corrected chi connectivity index (χ2v) is 13.7. The Morgan fingerprint density at radius 1 is 0.929 bits per heavy atom. The third-order valence-electron chi connectivity index (χ3n) is 11.2. The number of aliphatic hydroxyl groups is 2. The molecule has 7 atom stereocenters. The van der Waals surface area contributed by atoms with Gasteiger partial charge in [-0.1, -0.05) is 42.5 Å². The lowest BCUT2D eigenvalue weighted by molar-refractivity contribution is -0.0850. The summed E-state index contributed by atoms with van der Waals surface area (Å²) in [4.78, 5) is 14.2. The zero-order valence-corrected chi connectivity index (χ0v) is 24.6. The molecule has 1 spiro atoms. The Hall–Kier alpha value is -2.77. The SMILES string of the molecule is O[C@H]1/C=C\C[C@]2(O)C=C(c3nccc4c3[nH]c3ccccc34)[C@@H]3CCN(CCCC1)C[C@@]31C[C@@H]3/C=C\CCCCN3[C@H]12. The van der Waals surface area contributed by atoms with Crippen molar-refractivity contribution in [2.45, 2.75) is 81.6 Å². The van der Waals surface area contributed by atoms with E-state index in [2.05, 4.69) is 69.4 Å². The number of pyridine rings is 1. The van der Waals surface area contributed by atoms with Gasteiger partial charge in [-0.3, -0.25) is 9.88 Å². The highest BCUT2D eigenvalue weighted by molar-refractivity contribution is 6.09. The molecule has 0 radical (unpaired) electrons. The summed E-state index contributed by atoms with van der Waals surface area (Å²) in [7, 11) is 0. The van der Waals surface area contributed by atoms with Crippen molar-refractivity contribution >= 4 is 27.4 Å². The zero-order valence-electron chi connectivity index (χ0n) is 24.6. The summed E-state index contributed by atoms with van der Waals surface area (Å²) in [6.07, 6.45) is 21.7. The Labute approximate surface area is 248 Å². The van der Waals surface area contributed by atoms with Crippen molar-refractivity contribution in [1.29, 1.82) is 0 Å². The normalized spacial score (nSPS) is 38.8. The van der Waals surface area contributed by atoms with Crippen LogP contribution in [0.1, 0.15) is 63.5 Å². The van der Waals surface area contributed by atoms with Crippen molar-refractivity contribution in [2.75, 3.05) is 26.2 Å². The molecule has 0 saturated carbocycles. The molecule has 3 N–H and O–H groups in total. The third kappa shape index (κ3) is 4.25. The van der Waals surface area contributed by atoms with Crippen LogP contribution in [0.5, 0.6) is 0 Å². The van der Waals surface area contributed by atoms with Crippen LogP contribution in [0.25, 0.3) is 27.4 Å². The minimum absolute atomic E-state index is 0.0266. The lowest BCUT2D eigenvalue weighted by atomic mass is 9.54. The maximum atomic E-state index is 13.0. The summed E-state index contributed by atoms with van der Waals surface area (Å²) in [5.74, 6) is 0.324. The minimum atomic E-state index is -1.06. The molecule has 3 aromatic rings. The molecule has 1 unspecified atom stereocenters. The monoisotopic (exact) mass is 564 g/mol. The van der Waals surface area contributed by atoms with Gasteiger partial charge in [-0.15, -0.1) is 0 Å². The van der Waals surface area contributed by atoms with Gasteiger partial charge in [-0.2, -0.15) is 0 Å². The summed E-state index contributed by atoms with van der Waals surface area (Å²) in [5.41, 5.74) is 3.29. The van der Waals surface area contributed by atoms with Crippen molar-refractivity contribution in [3.05, 3.63) is 72.6 Å². The number of fused-ring (bicyclic) bond motifs is 5. The van der Waals surface area contributed by atoms with E-state index in [9.17, 15) is 10.2 Å². The first-order valence-corrected chi connectivity index (χ1v) is 16.4. The van der Waals surface area contributed by atoms with Gasteiger partial charge >= 0.3 is 0 Å². The summed E-state index contributed by atoms with van der Waals surface area (Å²) in [5, 5.41) is 26.2. The largest absolute Gasteiger partial charge is 0.389 e. The van der Waals surface area contributed by atoms with Crippen LogP contribution in [0.2, 0.25) is 0 Å². The maximum Gasteiger partial charge on any atom is 0.103 e. The second kappa shape index (κ2) is 10.4. The van der Waals surface area contributed by atoms with Crippen LogP contribution < -0.4 is 0 Å². The van der Waals surface area contributed by atoms with Gasteiger partial charge in [0.15, 0.2) is 0 Å². The van der Waals surface area contributed by atoms with E-state index in [1.54, 1.807) is 0 Å². The molecule has 6 heterocycles. The molecule has 6 nitrogen and oxygen atoms in total. The fraction of sp³-hybridized carbons (Fsp3) is 0.528. The van der Waals surface area contributed by atoms with Gasteiger partial charge in [-0.25, -0.2) is 0 Å². The molecule has 8 rings (SSSR count). The van der Waals surface area contributed by atoms with Crippen LogP contribution in [0.15, 0.2) is 66.9 Å². The third-order valence-corrected chi connectivity index (χ3v) is 11.2. The number of hydrogen-bond donors (Lipinski definition) is 3. The van der Waals surface area contributed by atoms with Crippen molar-refractivity contribution in [3.8, 4) is 0 Å². The lowest BCUT2D eigenvalue weighted by Gasteiger charge is -2.58. The highest BCUT2D eigenvalue weighted by Crippen LogP contribution is 2.61. The Morgan fingerprint density at radius 3 is 2.79 bits per heavy atom. The number of aliphatic hydroxyl groups excluding tert-OH is 1. The molecule has 220 valence electrons. The average molecular weight is 565 g/mol. The Kier molecular flexibility index (Phi) is 6.67. The number of allylic oxidation sites excluding steroid dienone is 2. The van der Waals surface area contributed by atoms with Crippen molar-refractivity contribution in [1.82, 2.24) is 19.8 Å². The van der Waals surface area contributed by atoms with E-state index >= 15 is 0 Å². The van der Waals surface area contributed by atoms with E-state index < -0.39 is 11.7 Å². The molecule has 4 aliphatic heterocycles. The first-order chi connectivity index (χ1) is 20.6. The molecule has 2 saturated heterocycles. The second-order valence-electron chi connectivity index (χ2n) is 13.7. The van der Waals surface area contributed by atoms with Crippen LogP contribution in [-0.2, 0) is 0 Å². The molecule has 6 heteroatoms. The quantitative estimate of drug-likeness (QED) is 0.325. The number of rotatable bonds is 1. The van der Waals surface area contributed by atoms with E-state index in [-0.39, 0.29) is 11.5 Å². The van der Waals surface area contributed by atoms with E-state index in [1.807, 2.05) is 12.3 Å². The van der Waals surface area contributed by atoms with Crippen molar-refractivity contribution in [3.63, 3.8) is 0 Å². The number of piperidine rings is 1. The van der Waals surface area contributed by atoms with E-state index in [0.29, 0.717) is 18.4 Å². The van der Waals surface area contributed by atoms with Crippen molar-refractivity contribution in [2.24, 2.45) is 11.3 Å². The molecule has 2 aromatic heterocycles. The molecule has 3 bridgehead atoms. The number of H-pyrrole nitrogens is 1. The van der Waals surface area contributed by atoms with Gasteiger partial charge in [0.2, 0.25) is 0 Å². The molecule has 1 aromatic carbocycles. The van der Waals surface area contributed by atoms with Gasteiger partial charge in [-0.05, 0) is 107 Å². The number of para-hydroxylation sites is 1. The van der Waals surface area contributed by atoms with Crippen LogP contribution in [0.3, 0.4) is 0 Å². The Morgan fingerprint density at radius 2 is 1.83 bits per heavy atom. The molecule has 2 fully saturated rings. The van der Waals surface area contributed by atoms with E-state index in [0.717, 1.165) is 81.4 Å². The first-order valence-electron chi connectivity index (χ1n) is 16.4. The molecule has 5 aliphatic rings. The minimum Gasteiger partial charge on any atom is -0.389 e. The molecular weight excluding hydrogens is 520 g/mol. The fourth-order valence-electron chi connectivity index (χ4n) is 9.60. The molecular formula is C36H44N4O2. The van der Waals surface area contributed by atoms with E-state index in [1.165, 1.54) is 29.2 Å². The van der Waals surface area contributed by atoms with Gasteiger partial charge < -0.3 is 20.1 Å². The van der Waals surface area contributed by atoms with Gasteiger partial charge in [0.25, 0.3) is 0 Å². The standard InChI is InChI=1S/C36H44N4O2/c41-26-11-6-8-19-39-21-16-30-29(32-33-28(15-18-37-32)27-13-4-5-14-31(27)38-33)23-36(42,17-9-12-26)34-35(30,24-39)22-25-10-3-1-2-7-20-40(25)34/h3-5,9-10,12-15,18,23,25-26,30,34,38,41-42H,1-2,6-8,11,16-17,19-22,24H2/b10-3-,12-9-/t25-,26+,30-,34+,35-,36-/m0/s1. The van der Waals surface area contributed by atoms with Gasteiger partial charge in [0.1, 0.15) is 5.60 Å². The number of nitrogens with one attached hydrogen (secondary N) is 1. The topological polar surface area (TPSA) is 75.6 Å². The maximum absolute atomic E-state index is 13.0. The molecule has 0 amide bonds. The van der Waals surface area contributed by atoms with Gasteiger partial charge in [0.05, 0.1) is 23.4 Å². The van der Waals surface area contributed by atoms with Crippen LogP contribution in [-0.4, -0.2) is 79.9 Å². The highest BCUT2D eigenvalue weighted by atomic mass is 16.3. The average Bonchev–Trinajstić information content (AvgIpc) is 3.50. The number of benzene rings is 1. The number of aromatic nitrogens is 2. The number of nitrogens with zero attached hydrogens (tertiary/aromatic N) is 3. The Balaban J connectivity index is 1.35. The summed E-state index contributed by atoms with van der Waals surface area (Å²) >= 11 is 0. The molecule has 42 heavy (non-hydrogen) atoms. The molecule has 1 aliphatic carbocycles. The first kappa shape index (κ1) is 26.8. The summed E-state index contributed by atoms with van der Waals surface area (Å²) < 4.78 is 0. The number of hydrogen-bond acceptors (Lipinski definition) is 5. The predicted molar refractivity (Wildman–Crippen MR) is 169 cm³/mol. The van der Waals surface area contributed by atoms with Crippen LogP contribution >= 0.6 is 0 Å². The van der Waals surface area contributed by atoms with E-state index in [4.69, 9.17) is 4.98 Å². The zero-order chi connectivity index (χ0) is 28.3. The lowest BCUT2D eigenvalue weighted by Crippen LogP contribution is -2.65. The predicted octanol–water partition coefficient (Wildman–Crippen LogP) is 5.83. The summed E-state index contributed by atoms with van der Waals surface area (Å²) in [6.45, 7) is 4.17. The van der Waals surface area contributed by atoms with Gasteiger partial charge in [0, 0.05) is 40.5 Å². The smallest absolute Gasteiger partial charge is 0.103 e. The number of aromatic amines is 1. The highest BCUT2D eigenvalue weighted by Gasteiger charge is 2.65.